The third-order valence-corrected chi connectivity index (χ3v) is 2.78. The maximum absolute atomic E-state index is 5.77. The number of nitrogens with two attached hydrogens (primary N) is 1. The van der Waals surface area contributed by atoms with Crippen LogP contribution < -0.4 is 15.2 Å². The summed E-state index contributed by atoms with van der Waals surface area (Å²) < 4.78 is 11.0. The maximum atomic E-state index is 5.77. The molecule has 2 aromatic rings. The molecule has 0 saturated heterocycles. The quantitative estimate of drug-likeness (QED) is 0.895. The SMILES string of the molecule is COc1cc(C)nc(COc2ccccc2CN)c1. The van der Waals surface area contributed by atoms with Gasteiger partial charge in [-0.15, -0.1) is 0 Å². The van der Waals surface area contributed by atoms with Gasteiger partial charge in [-0.2, -0.15) is 0 Å². The predicted octanol–water partition coefficient (Wildman–Crippen LogP) is 2.44. The summed E-state index contributed by atoms with van der Waals surface area (Å²) in [4.78, 5) is 4.42. The number of hydrogen-bond acceptors (Lipinski definition) is 4. The van der Waals surface area contributed by atoms with Crippen molar-refractivity contribution in [2.24, 2.45) is 5.73 Å². The van der Waals surface area contributed by atoms with Gasteiger partial charge in [0.25, 0.3) is 0 Å². The van der Waals surface area contributed by atoms with E-state index in [4.69, 9.17) is 15.2 Å². The Hall–Kier alpha value is -2.07. The first-order valence-corrected chi connectivity index (χ1v) is 6.15. The Morgan fingerprint density at radius 2 is 2.00 bits per heavy atom. The van der Waals surface area contributed by atoms with Crippen LogP contribution in [0.4, 0.5) is 0 Å². The van der Waals surface area contributed by atoms with E-state index in [0.717, 1.165) is 28.5 Å². The van der Waals surface area contributed by atoms with Gasteiger partial charge in [0.05, 0.1) is 12.8 Å². The number of hydrogen-bond donors (Lipinski definition) is 1. The fourth-order valence-corrected chi connectivity index (χ4v) is 1.86. The van der Waals surface area contributed by atoms with E-state index in [9.17, 15) is 0 Å². The molecule has 1 heterocycles. The molecule has 2 N–H and O–H groups in total. The van der Waals surface area contributed by atoms with Crippen molar-refractivity contribution in [1.82, 2.24) is 4.98 Å². The van der Waals surface area contributed by atoms with Crippen LogP contribution in [0, 0.1) is 6.92 Å². The molecule has 0 fully saturated rings. The van der Waals surface area contributed by atoms with Crippen LogP contribution in [0.2, 0.25) is 0 Å². The molecule has 2 rings (SSSR count). The normalized spacial score (nSPS) is 10.3. The highest BCUT2D eigenvalue weighted by Gasteiger charge is 2.04. The van der Waals surface area contributed by atoms with Crippen LogP contribution in [0.1, 0.15) is 17.0 Å². The Morgan fingerprint density at radius 3 is 2.74 bits per heavy atom. The number of methoxy groups -OCH3 is 1. The molecule has 0 amide bonds. The van der Waals surface area contributed by atoms with Crippen LogP contribution in [0.3, 0.4) is 0 Å². The van der Waals surface area contributed by atoms with Crippen molar-refractivity contribution in [1.29, 1.82) is 0 Å². The molecule has 0 spiro atoms. The number of para-hydroxylation sites is 1. The van der Waals surface area contributed by atoms with Crippen molar-refractivity contribution >= 4 is 0 Å². The maximum Gasteiger partial charge on any atom is 0.130 e. The molecule has 100 valence electrons. The summed E-state index contributed by atoms with van der Waals surface area (Å²) in [6.45, 7) is 2.79. The summed E-state index contributed by atoms with van der Waals surface area (Å²) in [5.41, 5.74) is 8.41. The highest BCUT2D eigenvalue weighted by Crippen LogP contribution is 2.19. The molecule has 0 aliphatic heterocycles. The lowest BCUT2D eigenvalue weighted by Crippen LogP contribution is -2.04. The molecule has 1 aromatic heterocycles. The Bertz CT molecular complexity index is 556. The molecule has 19 heavy (non-hydrogen) atoms. The monoisotopic (exact) mass is 258 g/mol. The van der Waals surface area contributed by atoms with E-state index in [1.165, 1.54) is 0 Å². The van der Waals surface area contributed by atoms with Gasteiger partial charge in [0.2, 0.25) is 0 Å². The summed E-state index contributed by atoms with van der Waals surface area (Å²) in [6.07, 6.45) is 0. The molecule has 0 radical (unpaired) electrons. The fourth-order valence-electron chi connectivity index (χ4n) is 1.86. The Kier molecular flexibility index (Phi) is 4.36. The standard InChI is InChI=1S/C15H18N2O2/c1-11-7-14(18-2)8-13(17-11)10-19-15-6-4-3-5-12(15)9-16/h3-8H,9-10,16H2,1-2H3. The second-order valence-corrected chi connectivity index (χ2v) is 4.24. The molecule has 0 saturated carbocycles. The van der Waals surface area contributed by atoms with E-state index in [0.29, 0.717) is 13.2 Å². The van der Waals surface area contributed by atoms with Gasteiger partial charge in [-0.3, -0.25) is 4.98 Å². The van der Waals surface area contributed by atoms with Crippen LogP contribution >= 0.6 is 0 Å². The van der Waals surface area contributed by atoms with Gasteiger partial charge in [-0.05, 0) is 13.0 Å². The number of aryl methyl sites for hydroxylation is 1. The number of benzene rings is 1. The van der Waals surface area contributed by atoms with E-state index >= 15 is 0 Å². The second kappa shape index (κ2) is 6.20. The van der Waals surface area contributed by atoms with Crippen LogP contribution in [0.5, 0.6) is 11.5 Å². The number of aromatic nitrogens is 1. The Labute approximate surface area is 113 Å². The summed E-state index contributed by atoms with van der Waals surface area (Å²) in [5.74, 6) is 1.59. The average Bonchev–Trinajstić information content (AvgIpc) is 2.44. The summed E-state index contributed by atoms with van der Waals surface area (Å²) >= 11 is 0. The summed E-state index contributed by atoms with van der Waals surface area (Å²) in [5, 5.41) is 0. The van der Waals surface area contributed by atoms with Gasteiger partial charge in [0.1, 0.15) is 18.1 Å². The van der Waals surface area contributed by atoms with Crippen LogP contribution in [0.25, 0.3) is 0 Å². The van der Waals surface area contributed by atoms with Crippen molar-refractivity contribution in [3.05, 3.63) is 53.3 Å². The largest absolute Gasteiger partial charge is 0.497 e. The van der Waals surface area contributed by atoms with Gasteiger partial charge >= 0.3 is 0 Å². The van der Waals surface area contributed by atoms with Crippen molar-refractivity contribution in [3.63, 3.8) is 0 Å². The average molecular weight is 258 g/mol. The summed E-state index contributed by atoms with van der Waals surface area (Å²) in [6, 6.07) is 11.5. The number of pyridine rings is 1. The smallest absolute Gasteiger partial charge is 0.130 e. The first-order chi connectivity index (χ1) is 9.22. The molecule has 0 bridgehead atoms. The van der Waals surface area contributed by atoms with Gasteiger partial charge < -0.3 is 15.2 Å². The van der Waals surface area contributed by atoms with Crippen molar-refractivity contribution in [3.8, 4) is 11.5 Å². The van der Waals surface area contributed by atoms with E-state index in [1.807, 2.05) is 43.3 Å². The first kappa shape index (κ1) is 13.4. The predicted molar refractivity (Wildman–Crippen MR) is 74.2 cm³/mol. The second-order valence-electron chi connectivity index (χ2n) is 4.24. The molecule has 0 atom stereocenters. The molecule has 0 unspecified atom stereocenters. The third-order valence-electron chi connectivity index (χ3n) is 2.78. The molecular formula is C15H18N2O2. The zero-order chi connectivity index (χ0) is 13.7. The minimum atomic E-state index is 0.398. The number of nitrogens with zero attached hydrogens (tertiary/aromatic N) is 1. The minimum Gasteiger partial charge on any atom is -0.497 e. The zero-order valence-corrected chi connectivity index (χ0v) is 11.2. The highest BCUT2D eigenvalue weighted by molar-refractivity contribution is 5.33. The molecule has 0 aliphatic rings. The summed E-state index contributed by atoms with van der Waals surface area (Å²) in [7, 11) is 1.64. The molecular weight excluding hydrogens is 240 g/mol. The van der Waals surface area contributed by atoms with Gasteiger partial charge in [0.15, 0.2) is 0 Å². The molecule has 0 aliphatic carbocycles. The minimum absolute atomic E-state index is 0.398. The van der Waals surface area contributed by atoms with Gasteiger partial charge in [-0.25, -0.2) is 0 Å². The fraction of sp³-hybridized carbons (Fsp3) is 0.267. The van der Waals surface area contributed by atoms with E-state index in [1.54, 1.807) is 7.11 Å². The lowest BCUT2D eigenvalue weighted by Gasteiger charge is -2.11. The van der Waals surface area contributed by atoms with Crippen LogP contribution in [0.15, 0.2) is 36.4 Å². The number of ether oxygens (including phenoxy) is 2. The molecule has 4 nitrogen and oxygen atoms in total. The van der Waals surface area contributed by atoms with Crippen molar-refractivity contribution in [2.45, 2.75) is 20.1 Å². The van der Waals surface area contributed by atoms with E-state index in [2.05, 4.69) is 4.98 Å². The molecule has 4 heteroatoms. The van der Waals surface area contributed by atoms with Gasteiger partial charge in [0, 0.05) is 29.9 Å². The topological polar surface area (TPSA) is 57.4 Å². The molecule has 1 aromatic carbocycles. The first-order valence-electron chi connectivity index (χ1n) is 6.15. The van der Waals surface area contributed by atoms with Crippen molar-refractivity contribution < 1.29 is 9.47 Å². The lowest BCUT2D eigenvalue weighted by atomic mass is 10.2. The lowest BCUT2D eigenvalue weighted by molar-refractivity contribution is 0.297. The Morgan fingerprint density at radius 1 is 1.21 bits per heavy atom. The highest BCUT2D eigenvalue weighted by atomic mass is 16.5. The third kappa shape index (κ3) is 3.45. The van der Waals surface area contributed by atoms with Crippen LogP contribution in [-0.4, -0.2) is 12.1 Å². The van der Waals surface area contributed by atoms with Crippen molar-refractivity contribution in [2.75, 3.05) is 7.11 Å². The van der Waals surface area contributed by atoms with E-state index < -0.39 is 0 Å². The zero-order valence-electron chi connectivity index (χ0n) is 11.2. The van der Waals surface area contributed by atoms with E-state index in [-0.39, 0.29) is 0 Å². The van der Waals surface area contributed by atoms with Gasteiger partial charge in [-0.1, -0.05) is 18.2 Å². The number of rotatable bonds is 5. The van der Waals surface area contributed by atoms with Crippen LogP contribution in [-0.2, 0) is 13.2 Å². The Balaban J connectivity index is 2.12.